The van der Waals surface area contributed by atoms with Crippen LogP contribution in [0, 0.1) is 0 Å². The van der Waals surface area contributed by atoms with Crippen LogP contribution < -0.4 is 5.73 Å². The summed E-state index contributed by atoms with van der Waals surface area (Å²) < 4.78 is 26.3. The zero-order chi connectivity index (χ0) is 10.8. The summed E-state index contributed by atoms with van der Waals surface area (Å²) in [5.74, 6) is -3.35. The molecular weight excluding hydrogens is 258 g/mol. The van der Waals surface area contributed by atoms with Gasteiger partial charge in [-0.3, -0.25) is 0 Å². The Morgan fingerprint density at radius 1 is 1.57 bits per heavy atom. The van der Waals surface area contributed by atoms with Crippen molar-refractivity contribution in [1.29, 1.82) is 0 Å². The number of nitrogens with two attached hydrogens (primary N) is 1. The Morgan fingerprint density at radius 2 is 2.21 bits per heavy atom. The second-order valence-electron chi connectivity index (χ2n) is 2.78. The van der Waals surface area contributed by atoms with E-state index in [0.717, 1.165) is 0 Å². The second kappa shape index (κ2) is 4.29. The normalized spacial score (nSPS) is 14.1. The SMILES string of the molecule is NC(c1cccc(Br)n1)C(F)(F)CO. The molecule has 78 valence electrons. The minimum atomic E-state index is -3.35. The highest BCUT2D eigenvalue weighted by atomic mass is 79.9. The van der Waals surface area contributed by atoms with Crippen molar-refractivity contribution in [2.45, 2.75) is 12.0 Å². The van der Waals surface area contributed by atoms with E-state index >= 15 is 0 Å². The third-order valence-corrected chi connectivity index (χ3v) is 2.16. The number of aromatic nitrogens is 1. The van der Waals surface area contributed by atoms with E-state index in [1.165, 1.54) is 6.07 Å². The molecule has 14 heavy (non-hydrogen) atoms. The van der Waals surface area contributed by atoms with E-state index in [0.29, 0.717) is 4.60 Å². The molecule has 0 fully saturated rings. The number of aliphatic hydroxyl groups excluding tert-OH is 1. The maximum atomic E-state index is 12.9. The van der Waals surface area contributed by atoms with E-state index in [1.807, 2.05) is 0 Å². The maximum Gasteiger partial charge on any atom is 0.291 e. The van der Waals surface area contributed by atoms with Gasteiger partial charge in [0, 0.05) is 0 Å². The van der Waals surface area contributed by atoms with Crippen molar-refractivity contribution < 1.29 is 13.9 Å². The number of aliphatic hydroxyl groups is 1. The van der Waals surface area contributed by atoms with Crippen molar-refractivity contribution in [1.82, 2.24) is 4.98 Å². The molecule has 1 heterocycles. The number of rotatable bonds is 3. The Bertz CT molecular complexity index is 322. The Balaban J connectivity index is 2.94. The first kappa shape index (κ1) is 11.5. The van der Waals surface area contributed by atoms with Crippen molar-refractivity contribution in [3.8, 4) is 0 Å². The van der Waals surface area contributed by atoms with Crippen LogP contribution in [0.15, 0.2) is 22.8 Å². The molecule has 0 aliphatic carbocycles. The lowest BCUT2D eigenvalue weighted by Crippen LogP contribution is -2.36. The number of alkyl halides is 2. The Kier molecular flexibility index (Phi) is 3.52. The lowest BCUT2D eigenvalue weighted by molar-refractivity contribution is -0.0721. The molecule has 0 aliphatic rings. The van der Waals surface area contributed by atoms with Crippen LogP contribution in [0.2, 0.25) is 0 Å². The van der Waals surface area contributed by atoms with Gasteiger partial charge >= 0.3 is 0 Å². The molecule has 3 N–H and O–H groups in total. The predicted octanol–water partition coefficient (Wildman–Crippen LogP) is 1.47. The fourth-order valence-electron chi connectivity index (χ4n) is 0.912. The molecule has 1 aromatic rings. The summed E-state index contributed by atoms with van der Waals surface area (Å²) >= 11 is 3.05. The highest BCUT2D eigenvalue weighted by molar-refractivity contribution is 9.10. The van der Waals surface area contributed by atoms with E-state index in [4.69, 9.17) is 10.8 Å². The molecule has 1 rings (SSSR count). The quantitative estimate of drug-likeness (QED) is 0.815. The first-order valence-electron chi connectivity index (χ1n) is 3.84. The van der Waals surface area contributed by atoms with E-state index in [2.05, 4.69) is 20.9 Å². The first-order chi connectivity index (χ1) is 6.47. The molecule has 3 nitrogen and oxygen atoms in total. The molecule has 1 aromatic heterocycles. The molecule has 0 aromatic carbocycles. The van der Waals surface area contributed by atoms with Crippen molar-refractivity contribution in [3.05, 3.63) is 28.5 Å². The summed E-state index contributed by atoms with van der Waals surface area (Å²) in [7, 11) is 0. The van der Waals surface area contributed by atoms with Gasteiger partial charge in [-0.15, -0.1) is 0 Å². The van der Waals surface area contributed by atoms with Crippen LogP contribution >= 0.6 is 15.9 Å². The van der Waals surface area contributed by atoms with Crippen LogP contribution in [-0.2, 0) is 0 Å². The van der Waals surface area contributed by atoms with Crippen LogP contribution in [0.1, 0.15) is 11.7 Å². The van der Waals surface area contributed by atoms with Crippen molar-refractivity contribution in [2.75, 3.05) is 6.61 Å². The monoisotopic (exact) mass is 266 g/mol. The minimum absolute atomic E-state index is 0.0402. The van der Waals surface area contributed by atoms with Crippen molar-refractivity contribution in [3.63, 3.8) is 0 Å². The molecule has 0 spiro atoms. The number of hydrogen-bond donors (Lipinski definition) is 2. The van der Waals surface area contributed by atoms with Gasteiger partial charge in [0.2, 0.25) is 0 Å². The molecular formula is C8H9BrF2N2O. The lowest BCUT2D eigenvalue weighted by Gasteiger charge is -2.20. The lowest BCUT2D eigenvalue weighted by atomic mass is 10.1. The molecule has 0 saturated heterocycles. The average Bonchev–Trinajstić information content (AvgIpc) is 2.16. The summed E-state index contributed by atoms with van der Waals surface area (Å²) in [6, 6.07) is 2.96. The summed E-state index contributed by atoms with van der Waals surface area (Å²) in [4.78, 5) is 3.79. The van der Waals surface area contributed by atoms with Crippen LogP contribution in [0.3, 0.4) is 0 Å². The molecule has 0 aliphatic heterocycles. The van der Waals surface area contributed by atoms with Crippen molar-refractivity contribution in [2.24, 2.45) is 5.73 Å². The zero-order valence-corrected chi connectivity index (χ0v) is 8.71. The molecule has 0 amide bonds. The number of halogens is 3. The molecule has 0 saturated carbocycles. The van der Waals surface area contributed by atoms with Crippen molar-refractivity contribution >= 4 is 15.9 Å². The summed E-state index contributed by atoms with van der Waals surface area (Å²) in [5.41, 5.74) is 5.30. The van der Waals surface area contributed by atoms with E-state index in [9.17, 15) is 8.78 Å². The second-order valence-corrected chi connectivity index (χ2v) is 3.59. The van der Waals surface area contributed by atoms with E-state index in [-0.39, 0.29) is 5.69 Å². The van der Waals surface area contributed by atoms with Gasteiger partial charge in [-0.2, -0.15) is 0 Å². The molecule has 0 bridgehead atoms. The van der Waals surface area contributed by atoms with Crippen LogP contribution in [0.25, 0.3) is 0 Å². The highest BCUT2D eigenvalue weighted by Gasteiger charge is 2.38. The smallest absolute Gasteiger partial charge is 0.291 e. The standard InChI is InChI=1S/C8H9BrF2N2O/c9-6-3-1-2-5(13-6)7(12)8(10,11)4-14/h1-3,7,14H,4,12H2. The summed E-state index contributed by atoms with van der Waals surface area (Å²) in [5, 5.41) is 8.43. The van der Waals surface area contributed by atoms with Gasteiger partial charge in [0.15, 0.2) is 0 Å². The first-order valence-corrected chi connectivity index (χ1v) is 4.63. The Labute approximate surface area is 88.1 Å². The topological polar surface area (TPSA) is 59.1 Å². The van der Waals surface area contributed by atoms with Gasteiger partial charge in [0.25, 0.3) is 5.92 Å². The fourth-order valence-corrected chi connectivity index (χ4v) is 1.27. The Hall–Kier alpha value is -0.590. The number of nitrogens with zero attached hydrogens (tertiary/aromatic N) is 1. The van der Waals surface area contributed by atoms with Gasteiger partial charge in [-0.25, -0.2) is 13.8 Å². The van der Waals surface area contributed by atoms with Gasteiger partial charge in [0.05, 0.1) is 5.69 Å². The largest absolute Gasteiger partial charge is 0.390 e. The van der Waals surface area contributed by atoms with E-state index < -0.39 is 18.6 Å². The highest BCUT2D eigenvalue weighted by Crippen LogP contribution is 2.27. The third kappa shape index (κ3) is 2.46. The van der Waals surface area contributed by atoms with Gasteiger partial charge in [-0.1, -0.05) is 6.07 Å². The molecule has 6 heteroatoms. The summed E-state index contributed by atoms with van der Waals surface area (Å²) in [6.07, 6.45) is 0. The van der Waals surface area contributed by atoms with Gasteiger partial charge < -0.3 is 10.8 Å². The maximum absolute atomic E-state index is 12.9. The van der Waals surface area contributed by atoms with E-state index in [1.54, 1.807) is 12.1 Å². The minimum Gasteiger partial charge on any atom is -0.390 e. The molecule has 1 atom stereocenters. The third-order valence-electron chi connectivity index (χ3n) is 1.72. The zero-order valence-electron chi connectivity index (χ0n) is 7.12. The van der Waals surface area contributed by atoms with Gasteiger partial charge in [-0.05, 0) is 28.1 Å². The molecule has 1 unspecified atom stereocenters. The Morgan fingerprint density at radius 3 is 2.71 bits per heavy atom. The average molecular weight is 267 g/mol. The predicted molar refractivity (Wildman–Crippen MR) is 50.9 cm³/mol. The molecule has 0 radical (unpaired) electrons. The fraction of sp³-hybridized carbons (Fsp3) is 0.375. The summed E-state index contributed by atoms with van der Waals surface area (Å²) in [6.45, 7) is -1.29. The van der Waals surface area contributed by atoms with Crippen LogP contribution in [0.4, 0.5) is 8.78 Å². The van der Waals surface area contributed by atoms with Crippen LogP contribution in [0.5, 0.6) is 0 Å². The van der Waals surface area contributed by atoms with Crippen LogP contribution in [-0.4, -0.2) is 22.6 Å². The number of hydrogen-bond acceptors (Lipinski definition) is 3. The van der Waals surface area contributed by atoms with Gasteiger partial charge in [0.1, 0.15) is 17.3 Å². The number of pyridine rings is 1.